The predicted molar refractivity (Wildman–Crippen MR) is 127 cm³/mol. The summed E-state index contributed by atoms with van der Waals surface area (Å²) in [6, 6.07) is -3.67. The number of carboxylic acid groups (broad SMARTS) is 2. The molecule has 0 bridgehead atoms. The normalized spacial score (nSPS) is 17.9. The quantitative estimate of drug-likeness (QED) is 0.121. The van der Waals surface area contributed by atoms with E-state index >= 15 is 0 Å². The van der Waals surface area contributed by atoms with Crippen molar-refractivity contribution in [2.45, 2.75) is 75.5 Å². The summed E-state index contributed by atoms with van der Waals surface area (Å²) < 4.78 is 0. The molecule has 194 valence electrons. The lowest BCUT2D eigenvalue weighted by Crippen LogP contribution is -2.57. The van der Waals surface area contributed by atoms with Gasteiger partial charge >= 0.3 is 11.9 Å². The number of hydrogen-bond acceptors (Lipinski definition) is 8. The molecule has 0 aromatic carbocycles. The summed E-state index contributed by atoms with van der Waals surface area (Å²) in [5.74, 6) is -3.57. The van der Waals surface area contributed by atoms with Crippen LogP contribution in [0.4, 0.5) is 0 Å². The second kappa shape index (κ2) is 16.3. The summed E-state index contributed by atoms with van der Waals surface area (Å²) in [5.41, 5.74) is 5.54. The Balaban J connectivity index is 2.88. The van der Waals surface area contributed by atoms with Crippen LogP contribution in [0.25, 0.3) is 0 Å². The molecule has 3 amide bonds. The van der Waals surface area contributed by atoms with Crippen LogP contribution in [0.2, 0.25) is 0 Å². The van der Waals surface area contributed by atoms with Crippen LogP contribution < -0.4 is 27.0 Å². The number of nitrogens with two attached hydrogens (primary N) is 1. The van der Waals surface area contributed by atoms with Crippen molar-refractivity contribution in [2.75, 3.05) is 25.1 Å². The number of amides is 3. The number of aliphatic carboxylic acids is 2. The zero-order valence-electron chi connectivity index (χ0n) is 19.5. The molecule has 4 atom stereocenters. The highest BCUT2D eigenvalue weighted by molar-refractivity contribution is 7.98. The monoisotopic (exact) mass is 503 g/mol. The van der Waals surface area contributed by atoms with Gasteiger partial charge in [-0.1, -0.05) is 0 Å². The van der Waals surface area contributed by atoms with Gasteiger partial charge in [0.25, 0.3) is 0 Å². The number of carbonyl (C=O) groups excluding carboxylic acids is 3. The highest BCUT2D eigenvalue weighted by Crippen LogP contribution is 2.09. The van der Waals surface area contributed by atoms with E-state index in [0.717, 1.165) is 13.0 Å². The Morgan fingerprint density at radius 3 is 2.15 bits per heavy atom. The Labute approximate surface area is 203 Å². The van der Waals surface area contributed by atoms with Crippen molar-refractivity contribution in [1.82, 2.24) is 21.3 Å². The van der Waals surface area contributed by atoms with Gasteiger partial charge in [-0.15, -0.1) is 0 Å². The Morgan fingerprint density at radius 2 is 1.62 bits per heavy atom. The number of carboxylic acids is 2. The van der Waals surface area contributed by atoms with Crippen molar-refractivity contribution in [3.05, 3.63) is 0 Å². The molecule has 12 nitrogen and oxygen atoms in total. The summed E-state index contributed by atoms with van der Waals surface area (Å²) in [5, 5.41) is 28.9. The fourth-order valence-electron chi connectivity index (χ4n) is 3.52. The number of unbranched alkanes of at least 4 members (excludes halogenated alkanes) is 1. The standard InChI is InChI=1S/C21H37N5O7S/c1-34-12-9-15(20(31)26-16(21(32)33)7-8-17(27)28)25-19(30)14(5-2-3-10-22)24-18(29)13-6-4-11-23-13/h13-16,23H,2-12,22H2,1H3,(H,24,29)(H,25,30)(H,26,31)(H,27,28)(H,32,33). The number of thioether (sulfide) groups is 1. The summed E-state index contributed by atoms with van der Waals surface area (Å²) in [4.78, 5) is 60.6. The third kappa shape index (κ3) is 11.2. The first kappa shape index (κ1) is 29.7. The molecule has 0 radical (unpaired) electrons. The van der Waals surface area contributed by atoms with E-state index in [1.54, 1.807) is 0 Å². The van der Waals surface area contributed by atoms with Crippen LogP contribution in [0.3, 0.4) is 0 Å². The number of hydrogen-bond donors (Lipinski definition) is 7. The average molecular weight is 504 g/mol. The van der Waals surface area contributed by atoms with E-state index in [2.05, 4.69) is 21.3 Å². The van der Waals surface area contributed by atoms with Crippen molar-refractivity contribution in [2.24, 2.45) is 5.73 Å². The Morgan fingerprint density at radius 1 is 0.971 bits per heavy atom. The molecule has 0 aliphatic carbocycles. The van der Waals surface area contributed by atoms with Crippen molar-refractivity contribution >= 4 is 41.4 Å². The van der Waals surface area contributed by atoms with Crippen molar-refractivity contribution in [1.29, 1.82) is 0 Å². The molecule has 1 rings (SSSR count). The molecule has 4 unspecified atom stereocenters. The van der Waals surface area contributed by atoms with Crippen LogP contribution >= 0.6 is 11.8 Å². The van der Waals surface area contributed by atoms with E-state index in [4.69, 9.17) is 10.8 Å². The third-order valence-corrected chi connectivity index (χ3v) is 6.11. The number of rotatable bonds is 17. The van der Waals surface area contributed by atoms with E-state index in [1.165, 1.54) is 11.8 Å². The molecule has 1 saturated heterocycles. The molecule has 8 N–H and O–H groups in total. The van der Waals surface area contributed by atoms with E-state index in [0.29, 0.717) is 38.0 Å². The van der Waals surface area contributed by atoms with Gasteiger partial charge in [0.1, 0.15) is 18.1 Å². The zero-order valence-corrected chi connectivity index (χ0v) is 20.3. The Hall–Kier alpha value is -2.38. The maximum Gasteiger partial charge on any atom is 0.326 e. The smallest absolute Gasteiger partial charge is 0.326 e. The highest BCUT2D eigenvalue weighted by atomic mass is 32.2. The first-order valence-electron chi connectivity index (χ1n) is 11.5. The fraction of sp³-hybridized carbons (Fsp3) is 0.762. The Bertz CT molecular complexity index is 703. The summed E-state index contributed by atoms with van der Waals surface area (Å²) in [6.45, 7) is 1.17. The van der Waals surface area contributed by atoms with Gasteiger partial charge in [-0.3, -0.25) is 19.2 Å². The first-order chi connectivity index (χ1) is 16.2. The highest BCUT2D eigenvalue weighted by Gasteiger charge is 2.31. The van der Waals surface area contributed by atoms with Crippen molar-refractivity contribution in [3.63, 3.8) is 0 Å². The second-order valence-corrected chi connectivity index (χ2v) is 9.15. The molecule has 0 aromatic rings. The Kier molecular flexibility index (Phi) is 14.2. The summed E-state index contributed by atoms with van der Waals surface area (Å²) in [6.07, 6.45) is 4.50. The van der Waals surface area contributed by atoms with Crippen LogP contribution in [-0.2, 0) is 24.0 Å². The van der Waals surface area contributed by atoms with E-state index < -0.39 is 48.3 Å². The molecule has 13 heteroatoms. The first-order valence-corrected chi connectivity index (χ1v) is 12.9. The molecule has 34 heavy (non-hydrogen) atoms. The molecule has 1 aliphatic heterocycles. The van der Waals surface area contributed by atoms with Crippen molar-refractivity contribution in [3.8, 4) is 0 Å². The third-order valence-electron chi connectivity index (χ3n) is 5.46. The molecular weight excluding hydrogens is 466 g/mol. The van der Waals surface area contributed by atoms with Gasteiger partial charge in [0.15, 0.2) is 0 Å². The largest absolute Gasteiger partial charge is 0.481 e. The summed E-state index contributed by atoms with van der Waals surface area (Å²) in [7, 11) is 0. The van der Waals surface area contributed by atoms with Gasteiger partial charge in [-0.2, -0.15) is 11.8 Å². The van der Waals surface area contributed by atoms with E-state index in [9.17, 15) is 29.1 Å². The van der Waals surface area contributed by atoms with Gasteiger partial charge in [0.05, 0.1) is 6.04 Å². The minimum atomic E-state index is -1.40. The van der Waals surface area contributed by atoms with Crippen molar-refractivity contribution < 1.29 is 34.2 Å². The van der Waals surface area contributed by atoms with Crippen LogP contribution in [0.5, 0.6) is 0 Å². The molecule has 1 aliphatic rings. The lowest BCUT2D eigenvalue weighted by molar-refractivity contribution is -0.143. The predicted octanol–water partition coefficient (Wildman–Crippen LogP) is -0.976. The maximum absolute atomic E-state index is 13.0. The van der Waals surface area contributed by atoms with Gasteiger partial charge in [0.2, 0.25) is 17.7 Å². The molecular formula is C21H37N5O7S. The van der Waals surface area contributed by atoms with Crippen LogP contribution in [-0.4, -0.2) is 89.1 Å². The fourth-order valence-corrected chi connectivity index (χ4v) is 3.99. The lowest BCUT2D eigenvalue weighted by Gasteiger charge is -2.25. The van der Waals surface area contributed by atoms with Gasteiger partial charge in [0, 0.05) is 6.42 Å². The van der Waals surface area contributed by atoms with Gasteiger partial charge in [-0.05, 0) is 70.0 Å². The average Bonchev–Trinajstić information content (AvgIpc) is 3.33. The van der Waals surface area contributed by atoms with Crippen LogP contribution in [0, 0.1) is 0 Å². The van der Waals surface area contributed by atoms with Gasteiger partial charge in [-0.25, -0.2) is 4.79 Å². The minimum absolute atomic E-state index is 0.234. The van der Waals surface area contributed by atoms with Crippen LogP contribution in [0.1, 0.15) is 51.4 Å². The summed E-state index contributed by atoms with van der Waals surface area (Å²) >= 11 is 1.45. The second-order valence-electron chi connectivity index (χ2n) is 8.17. The number of carbonyl (C=O) groups is 5. The van der Waals surface area contributed by atoms with Gasteiger partial charge < -0.3 is 37.2 Å². The van der Waals surface area contributed by atoms with E-state index in [-0.39, 0.29) is 24.8 Å². The topological polar surface area (TPSA) is 200 Å². The SMILES string of the molecule is CSCCC(NC(=O)C(CCCCN)NC(=O)C1CCCN1)C(=O)NC(CCC(=O)O)C(=O)O. The molecule has 0 aromatic heterocycles. The number of nitrogens with one attached hydrogen (secondary N) is 4. The molecule has 0 saturated carbocycles. The molecule has 1 fully saturated rings. The minimum Gasteiger partial charge on any atom is -0.481 e. The molecule has 1 heterocycles. The molecule has 0 spiro atoms. The van der Waals surface area contributed by atoms with E-state index in [1.807, 2.05) is 6.26 Å². The lowest BCUT2D eigenvalue weighted by atomic mass is 10.1. The maximum atomic E-state index is 13.0. The zero-order chi connectivity index (χ0) is 25.5. The van der Waals surface area contributed by atoms with Crippen LogP contribution in [0.15, 0.2) is 0 Å².